The van der Waals surface area contributed by atoms with E-state index in [4.69, 9.17) is 0 Å². The van der Waals surface area contributed by atoms with Gasteiger partial charge in [0.1, 0.15) is 0 Å². The van der Waals surface area contributed by atoms with E-state index < -0.39 is 10.0 Å². The van der Waals surface area contributed by atoms with Gasteiger partial charge < -0.3 is 0 Å². The highest BCUT2D eigenvalue weighted by molar-refractivity contribution is 7.89. The van der Waals surface area contributed by atoms with E-state index in [9.17, 15) is 8.42 Å². The Labute approximate surface area is 118 Å². The molecule has 3 nitrogen and oxygen atoms in total. The summed E-state index contributed by atoms with van der Waals surface area (Å²) >= 11 is 1.56. The molecule has 0 saturated heterocycles. The van der Waals surface area contributed by atoms with Crippen molar-refractivity contribution in [2.24, 2.45) is 0 Å². The van der Waals surface area contributed by atoms with Crippen LogP contribution in [0.15, 0.2) is 47.8 Å². The molecule has 1 atom stereocenters. The molecule has 0 bridgehead atoms. The third-order valence-electron chi connectivity index (χ3n) is 2.73. The van der Waals surface area contributed by atoms with Crippen molar-refractivity contribution in [3.63, 3.8) is 0 Å². The van der Waals surface area contributed by atoms with Gasteiger partial charge in [0.15, 0.2) is 0 Å². The van der Waals surface area contributed by atoms with Crippen LogP contribution < -0.4 is 4.72 Å². The summed E-state index contributed by atoms with van der Waals surface area (Å²) < 4.78 is 26.8. The first-order chi connectivity index (χ1) is 9.12. The SMILES string of the molecule is CCCS(=O)(=O)NC(c1ccccc1)c1cccs1. The molecule has 0 saturated carbocycles. The normalized spacial score (nSPS) is 13.3. The summed E-state index contributed by atoms with van der Waals surface area (Å²) in [5.74, 6) is 0.154. The summed E-state index contributed by atoms with van der Waals surface area (Å²) in [7, 11) is -3.25. The molecule has 102 valence electrons. The molecule has 0 aliphatic rings. The third-order valence-corrected chi connectivity index (χ3v) is 5.21. The monoisotopic (exact) mass is 295 g/mol. The van der Waals surface area contributed by atoms with Crippen molar-refractivity contribution in [3.05, 3.63) is 58.3 Å². The van der Waals surface area contributed by atoms with Crippen molar-refractivity contribution in [1.29, 1.82) is 0 Å². The zero-order valence-electron chi connectivity index (χ0n) is 10.7. The lowest BCUT2D eigenvalue weighted by Crippen LogP contribution is -2.30. The maximum atomic E-state index is 12.0. The minimum atomic E-state index is -3.25. The van der Waals surface area contributed by atoms with E-state index in [1.165, 1.54) is 0 Å². The van der Waals surface area contributed by atoms with Crippen LogP contribution in [0.5, 0.6) is 0 Å². The van der Waals surface area contributed by atoms with Crippen molar-refractivity contribution in [2.45, 2.75) is 19.4 Å². The minimum absolute atomic E-state index is 0.154. The van der Waals surface area contributed by atoms with Crippen LogP contribution in [0.25, 0.3) is 0 Å². The predicted octanol–water partition coefficient (Wildman–Crippen LogP) is 3.17. The second-order valence-corrected chi connectivity index (χ2v) is 7.15. The topological polar surface area (TPSA) is 46.2 Å². The summed E-state index contributed by atoms with van der Waals surface area (Å²) in [5, 5.41) is 1.96. The first-order valence-corrected chi connectivity index (χ1v) is 8.74. The summed E-state index contributed by atoms with van der Waals surface area (Å²) in [4.78, 5) is 1.01. The highest BCUT2D eigenvalue weighted by atomic mass is 32.2. The summed E-state index contributed by atoms with van der Waals surface area (Å²) in [6.45, 7) is 1.86. The van der Waals surface area contributed by atoms with E-state index in [0.717, 1.165) is 10.4 Å². The first-order valence-electron chi connectivity index (χ1n) is 6.21. The van der Waals surface area contributed by atoms with E-state index in [1.807, 2.05) is 54.8 Å². The largest absolute Gasteiger partial charge is 0.212 e. The van der Waals surface area contributed by atoms with E-state index in [2.05, 4.69) is 4.72 Å². The van der Waals surface area contributed by atoms with Crippen LogP contribution in [-0.4, -0.2) is 14.2 Å². The van der Waals surface area contributed by atoms with Gasteiger partial charge in [0.05, 0.1) is 11.8 Å². The second kappa shape index (κ2) is 6.32. The van der Waals surface area contributed by atoms with E-state index in [1.54, 1.807) is 11.3 Å². The Morgan fingerprint density at radius 3 is 2.47 bits per heavy atom. The zero-order valence-corrected chi connectivity index (χ0v) is 12.4. The minimum Gasteiger partial charge on any atom is -0.212 e. The summed E-state index contributed by atoms with van der Waals surface area (Å²) in [6.07, 6.45) is 0.612. The highest BCUT2D eigenvalue weighted by Crippen LogP contribution is 2.26. The van der Waals surface area contributed by atoms with Crippen LogP contribution in [0.3, 0.4) is 0 Å². The summed E-state index contributed by atoms with van der Waals surface area (Å²) in [5.41, 5.74) is 0.963. The van der Waals surface area contributed by atoms with Crippen molar-refractivity contribution in [3.8, 4) is 0 Å². The Morgan fingerprint density at radius 2 is 1.89 bits per heavy atom. The lowest BCUT2D eigenvalue weighted by atomic mass is 10.1. The van der Waals surface area contributed by atoms with Gasteiger partial charge in [-0.05, 0) is 23.4 Å². The lowest BCUT2D eigenvalue weighted by Gasteiger charge is -2.17. The molecule has 0 radical (unpaired) electrons. The molecule has 1 N–H and O–H groups in total. The van der Waals surface area contributed by atoms with Crippen molar-refractivity contribution in [2.75, 3.05) is 5.75 Å². The Bertz CT molecular complexity index is 592. The molecule has 0 amide bonds. The van der Waals surface area contributed by atoms with Crippen LogP contribution in [-0.2, 0) is 10.0 Å². The molecule has 2 aromatic rings. The van der Waals surface area contributed by atoms with Crippen molar-refractivity contribution in [1.82, 2.24) is 4.72 Å². The average Bonchev–Trinajstić information content (AvgIpc) is 2.91. The Morgan fingerprint density at radius 1 is 1.16 bits per heavy atom. The van der Waals surface area contributed by atoms with Crippen LogP contribution in [0.2, 0.25) is 0 Å². The standard InChI is InChI=1S/C14H17NO2S2/c1-2-11-19(16,17)15-14(13-9-6-10-18-13)12-7-4-3-5-8-12/h3-10,14-15H,2,11H2,1H3. The molecular weight excluding hydrogens is 278 g/mol. The Kier molecular flexibility index (Phi) is 4.74. The number of thiophene rings is 1. The predicted molar refractivity (Wildman–Crippen MR) is 79.8 cm³/mol. The smallest absolute Gasteiger partial charge is 0.212 e. The average molecular weight is 295 g/mol. The molecule has 1 aromatic carbocycles. The number of sulfonamides is 1. The number of hydrogen-bond acceptors (Lipinski definition) is 3. The molecule has 1 heterocycles. The van der Waals surface area contributed by atoms with Crippen molar-refractivity contribution < 1.29 is 8.42 Å². The van der Waals surface area contributed by atoms with E-state index >= 15 is 0 Å². The van der Waals surface area contributed by atoms with Gasteiger partial charge in [0.2, 0.25) is 10.0 Å². The van der Waals surface area contributed by atoms with Gasteiger partial charge in [0, 0.05) is 4.88 Å². The number of hydrogen-bond donors (Lipinski definition) is 1. The molecule has 0 spiro atoms. The number of nitrogens with one attached hydrogen (secondary N) is 1. The van der Waals surface area contributed by atoms with Crippen LogP contribution in [0.1, 0.15) is 29.8 Å². The Hall–Kier alpha value is -1.17. The fourth-order valence-electron chi connectivity index (χ4n) is 1.90. The quantitative estimate of drug-likeness (QED) is 0.889. The van der Waals surface area contributed by atoms with Gasteiger partial charge >= 0.3 is 0 Å². The van der Waals surface area contributed by atoms with Crippen LogP contribution in [0, 0.1) is 0 Å². The van der Waals surface area contributed by atoms with E-state index in [0.29, 0.717) is 6.42 Å². The molecule has 1 aromatic heterocycles. The number of rotatable bonds is 6. The fraction of sp³-hybridized carbons (Fsp3) is 0.286. The van der Waals surface area contributed by atoms with Gasteiger partial charge in [-0.15, -0.1) is 11.3 Å². The third kappa shape index (κ3) is 3.89. The molecule has 0 aliphatic heterocycles. The van der Waals surface area contributed by atoms with E-state index in [-0.39, 0.29) is 11.8 Å². The van der Waals surface area contributed by atoms with Crippen LogP contribution >= 0.6 is 11.3 Å². The molecule has 19 heavy (non-hydrogen) atoms. The molecule has 2 rings (SSSR count). The molecular formula is C14H17NO2S2. The maximum absolute atomic E-state index is 12.0. The fourth-order valence-corrected chi connectivity index (χ4v) is 4.05. The second-order valence-electron chi connectivity index (χ2n) is 4.30. The number of benzene rings is 1. The molecule has 5 heteroatoms. The van der Waals surface area contributed by atoms with Crippen molar-refractivity contribution >= 4 is 21.4 Å². The summed E-state index contributed by atoms with van der Waals surface area (Å²) in [6, 6.07) is 13.3. The van der Waals surface area contributed by atoms with Crippen LogP contribution in [0.4, 0.5) is 0 Å². The van der Waals surface area contributed by atoms with Gasteiger partial charge in [-0.3, -0.25) is 0 Å². The van der Waals surface area contributed by atoms with Gasteiger partial charge in [-0.1, -0.05) is 43.3 Å². The Balaban J connectivity index is 2.32. The highest BCUT2D eigenvalue weighted by Gasteiger charge is 2.21. The maximum Gasteiger partial charge on any atom is 0.212 e. The zero-order chi connectivity index (χ0) is 13.7. The van der Waals surface area contributed by atoms with Gasteiger partial charge in [-0.2, -0.15) is 0 Å². The first kappa shape index (κ1) is 14.2. The lowest BCUT2D eigenvalue weighted by molar-refractivity contribution is 0.572. The van der Waals surface area contributed by atoms with Gasteiger partial charge in [-0.25, -0.2) is 13.1 Å². The van der Waals surface area contributed by atoms with Gasteiger partial charge in [0.25, 0.3) is 0 Å². The molecule has 0 fully saturated rings. The molecule has 0 aliphatic carbocycles. The molecule has 1 unspecified atom stereocenters.